The van der Waals surface area contributed by atoms with Crippen molar-refractivity contribution in [3.05, 3.63) is 25.7 Å². The summed E-state index contributed by atoms with van der Waals surface area (Å²) in [5, 5.41) is 0. The van der Waals surface area contributed by atoms with Crippen molar-refractivity contribution in [3.63, 3.8) is 0 Å². The second-order valence-corrected chi connectivity index (χ2v) is 6.17. The Morgan fingerprint density at radius 2 is 1.95 bits per heavy atom. The van der Waals surface area contributed by atoms with E-state index < -0.39 is 0 Å². The largest absolute Gasteiger partial charge is 0.502 e. The van der Waals surface area contributed by atoms with Crippen LogP contribution in [0.25, 0.3) is 0 Å². The molecule has 0 aromatic heterocycles. The van der Waals surface area contributed by atoms with Crippen LogP contribution in [0.4, 0.5) is 0 Å². The van der Waals surface area contributed by atoms with E-state index in [1.54, 1.807) is 12.5 Å². The van der Waals surface area contributed by atoms with Crippen molar-refractivity contribution in [2.75, 3.05) is 13.2 Å². The Bertz CT molecular complexity index is 300. The smallest absolute Gasteiger partial charge is 0.0903 e. The highest BCUT2D eigenvalue weighted by Gasteiger charge is 2.45. The van der Waals surface area contributed by atoms with Gasteiger partial charge in [-0.3, -0.25) is 0 Å². The van der Waals surface area contributed by atoms with Crippen LogP contribution < -0.4 is 0 Å². The summed E-state index contributed by atoms with van der Waals surface area (Å²) in [6.45, 7) is 11.3. The summed E-state index contributed by atoms with van der Waals surface area (Å²) in [6, 6.07) is 0. The van der Waals surface area contributed by atoms with E-state index >= 15 is 0 Å². The predicted molar refractivity (Wildman–Crippen MR) is 78.5 cm³/mol. The number of hydrogen-bond donors (Lipinski definition) is 0. The monoisotopic (exact) mass is 264 g/mol. The molecule has 0 radical (unpaired) electrons. The topological polar surface area (TPSA) is 18.5 Å². The minimum absolute atomic E-state index is 0.701. The number of rotatable bonds is 8. The fraction of sp³-hybridized carbons (Fsp3) is 0.765. The van der Waals surface area contributed by atoms with Gasteiger partial charge in [0.15, 0.2) is 0 Å². The van der Waals surface area contributed by atoms with Crippen LogP contribution in [0.1, 0.15) is 39.0 Å². The van der Waals surface area contributed by atoms with Crippen molar-refractivity contribution in [3.8, 4) is 0 Å². The SMILES string of the molecule is C=COCC1CC2CCC(C(CC)COC=C)C2C1. The highest BCUT2D eigenvalue weighted by molar-refractivity contribution is 4.95. The van der Waals surface area contributed by atoms with Gasteiger partial charge in [-0.1, -0.05) is 20.1 Å². The second-order valence-electron chi connectivity index (χ2n) is 6.17. The molecule has 2 fully saturated rings. The Morgan fingerprint density at radius 3 is 2.63 bits per heavy atom. The molecule has 0 heterocycles. The Labute approximate surface area is 117 Å². The molecule has 5 atom stereocenters. The van der Waals surface area contributed by atoms with Gasteiger partial charge in [-0.2, -0.15) is 0 Å². The third-order valence-corrected chi connectivity index (χ3v) is 5.28. The van der Waals surface area contributed by atoms with Gasteiger partial charge < -0.3 is 9.47 Å². The lowest BCUT2D eigenvalue weighted by atomic mass is 9.80. The molecule has 2 nitrogen and oxygen atoms in total. The van der Waals surface area contributed by atoms with Crippen LogP contribution in [-0.4, -0.2) is 13.2 Å². The lowest BCUT2D eigenvalue weighted by molar-refractivity contribution is 0.121. The molecule has 108 valence electrons. The second kappa shape index (κ2) is 7.02. The normalized spacial score (nSPS) is 34.6. The zero-order chi connectivity index (χ0) is 13.7. The highest BCUT2D eigenvalue weighted by atomic mass is 16.5. The van der Waals surface area contributed by atoms with Gasteiger partial charge in [0.2, 0.25) is 0 Å². The maximum atomic E-state index is 5.47. The minimum Gasteiger partial charge on any atom is -0.502 e. The van der Waals surface area contributed by atoms with Crippen molar-refractivity contribution < 1.29 is 9.47 Å². The van der Waals surface area contributed by atoms with Gasteiger partial charge in [0.25, 0.3) is 0 Å². The van der Waals surface area contributed by atoms with E-state index in [9.17, 15) is 0 Å². The molecule has 0 bridgehead atoms. The zero-order valence-electron chi connectivity index (χ0n) is 12.2. The van der Waals surface area contributed by atoms with Crippen LogP contribution in [0.5, 0.6) is 0 Å². The van der Waals surface area contributed by atoms with E-state index in [0.29, 0.717) is 5.92 Å². The molecule has 0 aliphatic heterocycles. The molecule has 2 heteroatoms. The van der Waals surface area contributed by atoms with Gasteiger partial charge in [-0.25, -0.2) is 0 Å². The van der Waals surface area contributed by atoms with Crippen LogP contribution in [0.3, 0.4) is 0 Å². The van der Waals surface area contributed by atoms with Gasteiger partial charge in [-0.15, -0.1) is 0 Å². The van der Waals surface area contributed by atoms with Gasteiger partial charge in [0.05, 0.1) is 25.7 Å². The summed E-state index contributed by atoms with van der Waals surface area (Å²) < 4.78 is 10.9. The van der Waals surface area contributed by atoms with Gasteiger partial charge in [0, 0.05) is 0 Å². The molecule has 5 unspecified atom stereocenters. The van der Waals surface area contributed by atoms with E-state index in [-0.39, 0.29) is 0 Å². The highest BCUT2D eigenvalue weighted by Crippen LogP contribution is 2.52. The quantitative estimate of drug-likeness (QED) is 0.605. The van der Waals surface area contributed by atoms with E-state index in [0.717, 1.165) is 36.9 Å². The molecule has 0 N–H and O–H groups in total. The Balaban J connectivity index is 1.89. The predicted octanol–water partition coefficient (Wildman–Crippen LogP) is 4.39. The van der Waals surface area contributed by atoms with Crippen molar-refractivity contribution >= 4 is 0 Å². The summed E-state index contributed by atoms with van der Waals surface area (Å²) in [7, 11) is 0. The van der Waals surface area contributed by atoms with E-state index in [1.807, 2.05) is 0 Å². The summed E-state index contributed by atoms with van der Waals surface area (Å²) in [6.07, 6.45) is 9.88. The number of fused-ring (bicyclic) bond motifs is 1. The molecule has 19 heavy (non-hydrogen) atoms. The first kappa shape index (κ1) is 14.5. The summed E-state index contributed by atoms with van der Waals surface area (Å²) in [4.78, 5) is 0. The molecular formula is C17H28O2. The molecule has 0 saturated heterocycles. The van der Waals surface area contributed by atoms with Crippen molar-refractivity contribution in [1.82, 2.24) is 0 Å². The molecule has 0 aromatic rings. The maximum absolute atomic E-state index is 5.47. The van der Waals surface area contributed by atoms with Gasteiger partial charge >= 0.3 is 0 Å². The molecule has 2 aliphatic rings. The lowest BCUT2D eigenvalue weighted by Crippen LogP contribution is -2.23. The summed E-state index contributed by atoms with van der Waals surface area (Å²) in [5.41, 5.74) is 0. The lowest BCUT2D eigenvalue weighted by Gasteiger charge is -2.27. The van der Waals surface area contributed by atoms with Gasteiger partial charge in [-0.05, 0) is 61.7 Å². The number of hydrogen-bond acceptors (Lipinski definition) is 2. The average molecular weight is 264 g/mol. The van der Waals surface area contributed by atoms with E-state index in [1.165, 1.54) is 32.1 Å². The summed E-state index contributed by atoms with van der Waals surface area (Å²) >= 11 is 0. The van der Waals surface area contributed by atoms with Crippen LogP contribution in [0.2, 0.25) is 0 Å². The first-order valence-corrected chi connectivity index (χ1v) is 7.75. The first-order chi connectivity index (χ1) is 9.30. The standard InChI is InChI=1S/C17H28O2/c1-4-14(12-19-6-3)16-8-7-15-9-13(10-17(15)16)11-18-5-2/h5-6,13-17H,2-4,7-12H2,1H3. The number of ether oxygens (including phenoxy) is 2. The molecule has 0 spiro atoms. The third-order valence-electron chi connectivity index (χ3n) is 5.28. The van der Waals surface area contributed by atoms with Crippen LogP contribution >= 0.6 is 0 Å². The zero-order valence-corrected chi connectivity index (χ0v) is 12.2. The molecule has 2 saturated carbocycles. The summed E-state index contributed by atoms with van der Waals surface area (Å²) in [5.74, 6) is 4.13. The van der Waals surface area contributed by atoms with Gasteiger partial charge in [0.1, 0.15) is 0 Å². The molecule has 2 aliphatic carbocycles. The van der Waals surface area contributed by atoms with Crippen LogP contribution in [0.15, 0.2) is 25.7 Å². The fourth-order valence-electron chi connectivity index (χ4n) is 4.41. The molecule has 0 amide bonds. The van der Waals surface area contributed by atoms with Crippen LogP contribution in [0, 0.1) is 29.6 Å². The van der Waals surface area contributed by atoms with Crippen molar-refractivity contribution in [2.24, 2.45) is 29.6 Å². The first-order valence-electron chi connectivity index (χ1n) is 7.75. The van der Waals surface area contributed by atoms with Crippen molar-refractivity contribution in [2.45, 2.75) is 39.0 Å². The van der Waals surface area contributed by atoms with Crippen molar-refractivity contribution in [1.29, 1.82) is 0 Å². The Kier molecular flexibility index (Phi) is 5.35. The fourth-order valence-corrected chi connectivity index (χ4v) is 4.41. The van der Waals surface area contributed by atoms with Crippen LogP contribution in [-0.2, 0) is 9.47 Å². The molecule has 0 aromatic carbocycles. The Hall–Kier alpha value is -0.920. The Morgan fingerprint density at radius 1 is 1.16 bits per heavy atom. The molecule has 2 rings (SSSR count). The third kappa shape index (κ3) is 3.34. The average Bonchev–Trinajstić information content (AvgIpc) is 2.98. The minimum atomic E-state index is 0.701. The maximum Gasteiger partial charge on any atom is 0.0903 e. The van der Waals surface area contributed by atoms with E-state index in [2.05, 4.69) is 20.1 Å². The van der Waals surface area contributed by atoms with E-state index in [4.69, 9.17) is 9.47 Å². The molecular weight excluding hydrogens is 236 g/mol.